The summed E-state index contributed by atoms with van der Waals surface area (Å²) >= 11 is 12.0. The Morgan fingerprint density at radius 2 is 2.05 bits per heavy atom. The van der Waals surface area contributed by atoms with Crippen molar-refractivity contribution < 1.29 is 4.79 Å². The molecular formula is C16H14Cl2N2O. The van der Waals surface area contributed by atoms with Crippen LogP contribution in [0.2, 0.25) is 10.2 Å². The third kappa shape index (κ3) is 2.63. The average Bonchev–Trinajstić information content (AvgIpc) is 2.49. The maximum absolute atomic E-state index is 12.8. The van der Waals surface area contributed by atoms with E-state index in [0.29, 0.717) is 11.6 Å². The molecular weight excluding hydrogens is 307 g/mol. The Kier molecular flexibility index (Phi) is 3.87. The van der Waals surface area contributed by atoms with Gasteiger partial charge in [-0.15, -0.1) is 0 Å². The van der Waals surface area contributed by atoms with Gasteiger partial charge in [0.05, 0.1) is 10.7 Å². The Morgan fingerprint density at radius 3 is 2.86 bits per heavy atom. The van der Waals surface area contributed by atoms with Crippen LogP contribution in [0.15, 0.2) is 30.3 Å². The molecule has 0 saturated carbocycles. The fourth-order valence-corrected chi connectivity index (χ4v) is 3.08. The van der Waals surface area contributed by atoms with E-state index < -0.39 is 0 Å². The van der Waals surface area contributed by atoms with E-state index in [0.717, 1.165) is 24.1 Å². The topological polar surface area (TPSA) is 33.2 Å². The van der Waals surface area contributed by atoms with Crippen LogP contribution in [-0.4, -0.2) is 17.4 Å². The molecule has 1 aliphatic rings. The number of aromatic nitrogens is 1. The van der Waals surface area contributed by atoms with Gasteiger partial charge >= 0.3 is 0 Å². The second kappa shape index (κ2) is 5.66. The lowest BCUT2D eigenvalue weighted by Crippen LogP contribution is -2.36. The Hall–Kier alpha value is -1.58. The largest absolute Gasteiger partial charge is 0.306 e. The summed E-state index contributed by atoms with van der Waals surface area (Å²) in [6.45, 7) is 2.68. The second-order valence-corrected chi connectivity index (χ2v) is 5.90. The van der Waals surface area contributed by atoms with Crippen molar-refractivity contribution >= 4 is 34.8 Å². The van der Waals surface area contributed by atoms with Crippen molar-refractivity contribution in [2.24, 2.45) is 0 Å². The highest BCUT2D eigenvalue weighted by Gasteiger charge is 2.27. The molecule has 0 radical (unpaired) electrons. The lowest BCUT2D eigenvalue weighted by atomic mass is 9.98. The molecule has 0 aliphatic carbocycles. The number of hydrogen-bond donors (Lipinski definition) is 0. The first-order valence-corrected chi connectivity index (χ1v) is 7.56. The minimum Gasteiger partial charge on any atom is -0.306 e. The zero-order valence-corrected chi connectivity index (χ0v) is 13.1. The summed E-state index contributed by atoms with van der Waals surface area (Å²) in [6, 6.07) is 9.28. The number of nitrogens with zero attached hydrogens (tertiary/aromatic N) is 2. The Balaban J connectivity index is 2.06. The maximum atomic E-state index is 12.8. The van der Waals surface area contributed by atoms with Crippen LogP contribution in [0.3, 0.4) is 0 Å². The number of amides is 1. The number of rotatable bonds is 1. The summed E-state index contributed by atoms with van der Waals surface area (Å²) in [6.07, 6.45) is 1.91. The van der Waals surface area contributed by atoms with Gasteiger partial charge in [-0.05, 0) is 43.0 Å². The molecule has 3 rings (SSSR count). The number of para-hydroxylation sites is 1. The van der Waals surface area contributed by atoms with Gasteiger partial charge in [0.1, 0.15) is 10.8 Å². The van der Waals surface area contributed by atoms with Gasteiger partial charge in [0, 0.05) is 6.54 Å². The number of pyridine rings is 1. The number of halogens is 2. The molecule has 21 heavy (non-hydrogen) atoms. The zero-order valence-electron chi connectivity index (χ0n) is 11.6. The number of fused-ring (bicyclic) bond motifs is 1. The number of benzene rings is 1. The molecule has 0 fully saturated rings. The third-order valence-corrected chi connectivity index (χ3v) is 4.19. The molecule has 0 spiro atoms. The van der Waals surface area contributed by atoms with E-state index in [1.165, 1.54) is 5.56 Å². The molecule has 2 aromatic rings. The first kappa shape index (κ1) is 14.4. The molecule has 0 N–H and O–H groups in total. The quantitative estimate of drug-likeness (QED) is 0.734. The molecule has 0 unspecified atom stereocenters. The molecule has 1 amide bonds. The predicted octanol–water partition coefficient (Wildman–Crippen LogP) is 4.29. The first-order valence-electron chi connectivity index (χ1n) is 6.80. The highest BCUT2D eigenvalue weighted by molar-refractivity contribution is 6.35. The molecule has 1 aliphatic heterocycles. The average molecular weight is 321 g/mol. The first-order chi connectivity index (χ1) is 10.1. The summed E-state index contributed by atoms with van der Waals surface area (Å²) in [4.78, 5) is 18.7. The summed E-state index contributed by atoms with van der Waals surface area (Å²) in [5.41, 5.74) is 3.46. The summed E-state index contributed by atoms with van der Waals surface area (Å²) in [5, 5.41) is 0.592. The number of aryl methyl sites for hydroxylation is 2. The molecule has 1 aromatic carbocycles. The van der Waals surface area contributed by atoms with Crippen molar-refractivity contribution in [3.05, 3.63) is 57.3 Å². The highest BCUT2D eigenvalue weighted by atomic mass is 35.5. The normalized spacial score (nSPS) is 14.0. The Morgan fingerprint density at radius 1 is 1.24 bits per heavy atom. The van der Waals surface area contributed by atoms with Crippen molar-refractivity contribution in [2.45, 2.75) is 19.8 Å². The van der Waals surface area contributed by atoms with Gasteiger partial charge < -0.3 is 4.90 Å². The number of anilines is 1. The van der Waals surface area contributed by atoms with Crippen LogP contribution in [0, 0.1) is 6.92 Å². The second-order valence-electron chi connectivity index (χ2n) is 5.11. The predicted molar refractivity (Wildman–Crippen MR) is 85.4 cm³/mol. The number of carbonyl (C=O) groups excluding carboxylic acids is 1. The van der Waals surface area contributed by atoms with Crippen molar-refractivity contribution in [3.8, 4) is 0 Å². The molecule has 0 saturated heterocycles. The van der Waals surface area contributed by atoms with Crippen molar-refractivity contribution in [1.29, 1.82) is 0 Å². The van der Waals surface area contributed by atoms with E-state index in [1.54, 1.807) is 17.0 Å². The SMILES string of the molecule is Cc1cccc2c1N(C(=O)c1nc(Cl)ccc1Cl)CCC2. The van der Waals surface area contributed by atoms with E-state index in [4.69, 9.17) is 23.2 Å². The minimum atomic E-state index is -0.197. The fourth-order valence-electron chi connectivity index (χ4n) is 2.75. The van der Waals surface area contributed by atoms with E-state index in [1.807, 2.05) is 19.1 Å². The molecule has 1 aromatic heterocycles. The smallest absolute Gasteiger partial charge is 0.278 e. The maximum Gasteiger partial charge on any atom is 0.278 e. The lowest BCUT2D eigenvalue weighted by molar-refractivity contribution is 0.0980. The number of hydrogen-bond acceptors (Lipinski definition) is 2. The summed E-state index contributed by atoms with van der Waals surface area (Å²) in [7, 11) is 0. The van der Waals surface area contributed by atoms with E-state index in [2.05, 4.69) is 11.1 Å². The molecule has 5 heteroatoms. The van der Waals surface area contributed by atoms with Crippen LogP contribution in [-0.2, 0) is 6.42 Å². The van der Waals surface area contributed by atoms with Crippen LogP contribution in [0.4, 0.5) is 5.69 Å². The Labute approximate surface area is 133 Å². The van der Waals surface area contributed by atoms with Crippen molar-refractivity contribution in [3.63, 3.8) is 0 Å². The van der Waals surface area contributed by atoms with Crippen molar-refractivity contribution in [1.82, 2.24) is 4.98 Å². The molecule has 108 valence electrons. The minimum absolute atomic E-state index is 0.197. The van der Waals surface area contributed by atoms with Gasteiger partial charge in [-0.2, -0.15) is 0 Å². The highest BCUT2D eigenvalue weighted by Crippen LogP contribution is 2.32. The van der Waals surface area contributed by atoms with Crippen LogP contribution >= 0.6 is 23.2 Å². The van der Waals surface area contributed by atoms with E-state index in [9.17, 15) is 4.79 Å². The molecule has 2 heterocycles. The van der Waals surface area contributed by atoms with Gasteiger partial charge in [0.2, 0.25) is 0 Å². The van der Waals surface area contributed by atoms with Crippen LogP contribution < -0.4 is 4.90 Å². The Bertz CT molecular complexity index is 715. The summed E-state index contributed by atoms with van der Waals surface area (Å²) in [5.74, 6) is -0.197. The van der Waals surface area contributed by atoms with Gasteiger partial charge in [-0.25, -0.2) is 4.98 Å². The van der Waals surface area contributed by atoms with Crippen LogP contribution in [0.1, 0.15) is 28.0 Å². The zero-order chi connectivity index (χ0) is 15.0. The van der Waals surface area contributed by atoms with Gasteiger partial charge in [-0.3, -0.25) is 4.79 Å². The van der Waals surface area contributed by atoms with E-state index in [-0.39, 0.29) is 16.8 Å². The molecule has 0 atom stereocenters. The lowest BCUT2D eigenvalue weighted by Gasteiger charge is -2.31. The molecule has 0 bridgehead atoms. The van der Waals surface area contributed by atoms with Gasteiger partial charge in [-0.1, -0.05) is 41.4 Å². The monoisotopic (exact) mass is 320 g/mol. The standard InChI is InChI=1S/C16H14Cl2N2O/c1-10-4-2-5-11-6-3-9-20(15(10)11)16(21)14-12(17)7-8-13(18)19-14/h2,4-5,7-8H,3,6,9H2,1H3. The van der Waals surface area contributed by atoms with Gasteiger partial charge in [0.15, 0.2) is 0 Å². The fraction of sp³-hybridized carbons (Fsp3) is 0.250. The van der Waals surface area contributed by atoms with Crippen LogP contribution in [0.25, 0.3) is 0 Å². The van der Waals surface area contributed by atoms with E-state index >= 15 is 0 Å². The molecule has 3 nitrogen and oxygen atoms in total. The number of carbonyl (C=O) groups is 1. The van der Waals surface area contributed by atoms with Crippen molar-refractivity contribution in [2.75, 3.05) is 11.4 Å². The van der Waals surface area contributed by atoms with Crippen LogP contribution in [0.5, 0.6) is 0 Å². The summed E-state index contributed by atoms with van der Waals surface area (Å²) < 4.78 is 0. The third-order valence-electron chi connectivity index (χ3n) is 3.68. The van der Waals surface area contributed by atoms with Gasteiger partial charge in [0.25, 0.3) is 5.91 Å².